The van der Waals surface area contributed by atoms with E-state index in [9.17, 15) is 19.3 Å². The van der Waals surface area contributed by atoms with Crippen LogP contribution in [0, 0.1) is 15.9 Å². The number of carbonyl (C=O) groups is 1. The molecule has 0 aliphatic heterocycles. The molecule has 0 fully saturated rings. The molecule has 0 bridgehead atoms. The highest BCUT2D eigenvalue weighted by molar-refractivity contribution is 5.91. The minimum Gasteiger partial charge on any atom is -0.465 e. The number of rotatable bonds is 3. The Morgan fingerprint density at radius 1 is 1.53 bits per heavy atom. The van der Waals surface area contributed by atoms with E-state index in [-0.39, 0.29) is 11.3 Å². The van der Waals surface area contributed by atoms with Gasteiger partial charge in [0.15, 0.2) is 0 Å². The van der Waals surface area contributed by atoms with Gasteiger partial charge < -0.3 is 9.30 Å². The van der Waals surface area contributed by atoms with Gasteiger partial charge in [-0.1, -0.05) is 0 Å². The van der Waals surface area contributed by atoms with Crippen LogP contribution in [0.25, 0.3) is 5.69 Å². The van der Waals surface area contributed by atoms with E-state index in [1.807, 2.05) is 0 Å². The third-order valence-corrected chi connectivity index (χ3v) is 2.45. The van der Waals surface area contributed by atoms with Crippen molar-refractivity contribution in [3.05, 3.63) is 52.3 Å². The average molecular weight is 265 g/mol. The molecule has 0 saturated heterocycles. The summed E-state index contributed by atoms with van der Waals surface area (Å²) >= 11 is 0. The second kappa shape index (κ2) is 4.84. The number of halogens is 1. The van der Waals surface area contributed by atoms with E-state index >= 15 is 0 Å². The van der Waals surface area contributed by atoms with E-state index < -0.39 is 22.4 Å². The Morgan fingerprint density at radius 2 is 2.26 bits per heavy atom. The lowest BCUT2D eigenvalue weighted by Gasteiger charge is -2.07. The Balaban J connectivity index is 2.68. The van der Waals surface area contributed by atoms with Crippen LogP contribution in [-0.4, -0.2) is 27.6 Å². The summed E-state index contributed by atoms with van der Waals surface area (Å²) in [5.41, 5.74) is -0.816. The number of aromatic nitrogens is 2. The largest absolute Gasteiger partial charge is 0.465 e. The monoisotopic (exact) mass is 265 g/mol. The van der Waals surface area contributed by atoms with E-state index in [1.54, 1.807) is 0 Å². The lowest BCUT2D eigenvalue weighted by Crippen LogP contribution is -2.08. The lowest BCUT2D eigenvalue weighted by molar-refractivity contribution is -0.384. The van der Waals surface area contributed by atoms with Crippen molar-refractivity contribution in [2.45, 2.75) is 0 Å². The summed E-state index contributed by atoms with van der Waals surface area (Å²) in [4.78, 5) is 25.3. The molecule has 0 atom stereocenters. The maximum absolute atomic E-state index is 13.6. The fourth-order valence-corrected chi connectivity index (χ4v) is 1.57. The van der Waals surface area contributed by atoms with Crippen molar-refractivity contribution in [1.29, 1.82) is 0 Å². The normalized spacial score (nSPS) is 10.2. The molecule has 0 N–H and O–H groups in total. The summed E-state index contributed by atoms with van der Waals surface area (Å²) in [5, 5.41) is 10.9. The Kier molecular flexibility index (Phi) is 3.23. The fraction of sp³-hybridized carbons (Fsp3) is 0.0909. The van der Waals surface area contributed by atoms with Gasteiger partial charge in [0.1, 0.15) is 11.5 Å². The number of nitro groups is 1. The van der Waals surface area contributed by atoms with E-state index in [2.05, 4.69) is 9.72 Å². The SMILES string of the molecule is COC(=O)c1cc(-n2ccnc2)c([N+](=O)[O-])cc1F. The topological polar surface area (TPSA) is 87.3 Å². The summed E-state index contributed by atoms with van der Waals surface area (Å²) < 4.78 is 19.4. The van der Waals surface area contributed by atoms with Gasteiger partial charge in [-0.2, -0.15) is 0 Å². The average Bonchev–Trinajstić information content (AvgIpc) is 2.91. The number of hydrogen-bond acceptors (Lipinski definition) is 5. The quantitative estimate of drug-likeness (QED) is 0.479. The molecule has 1 aromatic carbocycles. The second-order valence-corrected chi connectivity index (χ2v) is 3.54. The Labute approximate surface area is 106 Å². The Bertz CT molecular complexity index is 640. The third kappa shape index (κ3) is 2.28. The zero-order valence-electron chi connectivity index (χ0n) is 9.74. The highest BCUT2D eigenvalue weighted by atomic mass is 19.1. The molecule has 2 aromatic rings. The van der Waals surface area contributed by atoms with Crippen LogP contribution in [0.15, 0.2) is 30.9 Å². The van der Waals surface area contributed by atoms with Crippen molar-refractivity contribution < 1.29 is 18.8 Å². The zero-order chi connectivity index (χ0) is 14.0. The lowest BCUT2D eigenvalue weighted by atomic mass is 10.1. The van der Waals surface area contributed by atoms with Crippen LogP contribution < -0.4 is 0 Å². The summed E-state index contributed by atoms with van der Waals surface area (Å²) in [7, 11) is 1.10. The van der Waals surface area contributed by atoms with Crippen LogP contribution in [0.4, 0.5) is 10.1 Å². The second-order valence-electron chi connectivity index (χ2n) is 3.54. The zero-order valence-corrected chi connectivity index (χ0v) is 9.74. The molecule has 0 amide bonds. The van der Waals surface area contributed by atoms with Gasteiger partial charge in [-0.05, 0) is 6.07 Å². The number of nitro benzene ring substituents is 1. The van der Waals surface area contributed by atoms with Crippen LogP contribution in [0.5, 0.6) is 0 Å². The number of methoxy groups -OCH3 is 1. The minimum absolute atomic E-state index is 0.0318. The molecule has 0 unspecified atom stereocenters. The number of ether oxygens (including phenoxy) is 1. The van der Waals surface area contributed by atoms with Gasteiger partial charge in [-0.3, -0.25) is 10.1 Å². The van der Waals surface area contributed by atoms with Crippen molar-refractivity contribution in [1.82, 2.24) is 9.55 Å². The highest BCUT2D eigenvalue weighted by Crippen LogP contribution is 2.26. The van der Waals surface area contributed by atoms with Gasteiger partial charge in [0.2, 0.25) is 0 Å². The molecular formula is C11H8FN3O4. The summed E-state index contributed by atoms with van der Waals surface area (Å²) in [5.74, 6) is -1.92. The maximum Gasteiger partial charge on any atom is 0.340 e. The first-order valence-electron chi connectivity index (χ1n) is 5.09. The van der Waals surface area contributed by atoms with Gasteiger partial charge in [0.25, 0.3) is 5.69 Å². The van der Waals surface area contributed by atoms with E-state index in [0.29, 0.717) is 6.07 Å². The van der Waals surface area contributed by atoms with Crippen LogP contribution in [0.3, 0.4) is 0 Å². The molecule has 0 aliphatic carbocycles. The highest BCUT2D eigenvalue weighted by Gasteiger charge is 2.23. The summed E-state index contributed by atoms with van der Waals surface area (Å²) in [6.07, 6.45) is 4.16. The Hall–Kier alpha value is -2.77. The molecule has 0 radical (unpaired) electrons. The van der Waals surface area contributed by atoms with Gasteiger partial charge in [-0.15, -0.1) is 0 Å². The first-order chi connectivity index (χ1) is 9.04. The smallest absolute Gasteiger partial charge is 0.340 e. The molecule has 8 heteroatoms. The molecule has 1 aromatic heterocycles. The minimum atomic E-state index is -1.01. The molecule has 0 spiro atoms. The predicted octanol–water partition coefficient (Wildman–Crippen LogP) is 1.71. The van der Waals surface area contributed by atoms with Crippen molar-refractivity contribution in [3.8, 4) is 5.69 Å². The van der Waals surface area contributed by atoms with Crippen LogP contribution >= 0.6 is 0 Å². The van der Waals surface area contributed by atoms with Crippen molar-refractivity contribution in [3.63, 3.8) is 0 Å². The van der Waals surface area contributed by atoms with Crippen LogP contribution in [0.1, 0.15) is 10.4 Å². The number of carbonyl (C=O) groups excluding carboxylic acids is 1. The molecule has 1 heterocycles. The molecule has 0 saturated carbocycles. The molecule has 0 aliphatic rings. The predicted molar refractivity (Wildman–Crippen MR) is 61.5 cm³/mol. The maximum atomic E-state index is 13.6. The number of nitrogens with zero attached hydrogens (tertiary/aromatic N) is 3. The van der Waals surface area contributed by atoms with E-state index in [1.165, 1.54) is 23.3 Å². The Morgan fingerprint density at radius 3 is 2.79 bits per heavy atom. The molecular weight excluding hydrogens is 257 g/mol. The first kappa shape index (κ1) is 12.7. The van der Waals surface area contributed by atoms with Gasteiger partial charge in [0.05, 0.1) is 30.0 Å². The number of esters is 1. The molecule has 7 nitrogen and oxygen atoms in total. The molecule has 19 heavy (non-hydrogen) atoms. The van der Waals surface area contributed by atoms with Crippen LogP contribution in [0.2, 0.25) is 0 Å². The number of imidazole rings is 1. The van der Waals surface area contributed by atoms with E-state index in [0.717, 1.165) is 13.2 Å². The van der Waals surface area contributed by atoms with Gasteiger partial charge in [-0.25, -0.2) is 14.2 Å². The van der Waals surface area contributed by atoms with Gasteiger partial charge in [0, 0.05) is 12.4 Å². The number of hydrogen-bond donors (Lipinski definition) is 0. The van der Waals surface area contributed by atoms with Crippen LogP contribution in [-0.2, 0) is 4.74 Å². The third-order valence-electron chi connectivity index (χ3n) is 2.45. The molecule has 98 valence electrons. The van der Waals surface area contributed by atoms with Gasteiger partial charge >= 0.3 is 5.97 Å². The summed E-state index contributed by atoms with van der Waals surface area (Å²) in [6, 6.07) is 1.74. The van der Waals surface area contributed by atoms with Crippen molar-refractivity contribution >= 4 is 11.7 Å². The van der Waals surface area contributed by atoms with Crippen molar-refractivity contribution in [2.75, 3.05) is 7.11 Å². The molecule has 2 rings (SSSR count). The fourth-order valence-electron chi connectivity index (χ4n) is 1.57. The standard InChI is InChI=1S/C11H8FN3O4/c1-19-11(16)7-4-9(14-3-2-13-6-14)10(15(17)18)5-8(7)12/h2-6H,1H3. The summed E-state index contributed by atoms with van der Waals surface area (Å²) in [6.45, 7) is 0. The number of benzene rings is 1. The van der Waals surface area contributed by atoms with Crippen molar-refractivity contribution in [2.24, 2.45) is 0 Å². The van der Waals surface area contributed by atoms with E-state index in [4.69, 9.17) is 0 Å². The first-order valence-corrected chi connectivity index (χ1v) is 5.09.